The molecular formula is C11H12N2O5S. The molecule has 8 heteroatoms. The molecule has 0 saturated heterocycles. The van der Waals surface area contributed by atoms with Crippen molar-refractivity contribution < 1.29 is 22.8 Å². The SMILES string of the molecule is COc1cc(-c2noc(C)n2)c(S(C)(=O)=O)cc1O. The van der Waals surface area contributed by atoms with Gasteiger partial charge < -0.3 is 14.4 Å². The van der Waals surface area contributed by atoms with Gasteiger partial charge in [-0.2, -0.15) is 4.98 Å². The number of aromatic nitrogens is 2. The summed E-state index contributed by atoms with van der Waals surface area (Å²) in [5.41, 5.74) is 0.217. The van der Waals surface area contributed by atoms with Crippen molar-refractivity contribution in [2.24, 2.45) is 0 Å². The fourth-order valence-corrected chi connectivity index (χ4v) is 2.48. The van der Waals surface area contributed by atoms with Gasteiger partial charge in [-0.25, -0.2) is 8.42 Å². The molecule has 2 aromatic rings. The number of phenolic OH excluding ortho intramolecular Hbond substituents is 1. The molecule has 0 spiro atoms. The average Bonchev–Trinajstić information content (AvgIpc) is 2.74. The first kappa shape index (κ1) is 13.3. The molecule has 1 aromatic heterocycles. The number of sulfone groups is 1. The highest BCUT2D eigenvalue weighted by atomic mass is 32.2. The Morgan fingerprint density at radius 3 is 2.53 bits per heavy atom. The number of ether oxygens (including phenoxy) is 1. The van der Waals surface area contributed by atoms with E-state index in [1.807, 2.05) is 0 Å². The quantitative estimate of drug-likeness (QED) is 0.902. The molecule has 19 heavy (non-hydrogen) atoms. The van der Waals surface area contributed by atoms with Gasteiger partial charge in [-0.15, -0.1) is 0 Å². The first-order valence-electron chi connectivity index (χ1n) is 5.24. The molecule has 0 bridgehead atoms. The summed E-state index contributed by atoms with van der Waals surface area (Å²) >= 11 is 0. The topological polar surface area (TPSA) is 103 Å². The van der Waals surface area contributed by atoms with Crippen molar-refractivity contribution in [2.45, 2.75) is 11.8 Å². The first-order chi connectivity index (χ1) is 8.82. The van der Waals surface area contributed by atoms with Crippen molar-refractivity contribution >= 4 is 9.84 Å². The van der Waals surface area contributed by atoms with Crippen LogP contribution in [0, 0.1) is 6.92 Å². The van der Waals surface area contributed by atoms with E-state index in [2.05, 4.69) is 10.1 Å². The molecule has 7 nitrogen and oxygen atoms in total. The maximum atomic E-state index is 11.7. The van der Waals surface area contributed by atoms with E-state index in [0.717, 1.165) is 12.3 Å². The van der Waals surface area contributed by atoms with Gasteiger partial charge in [-0.05, 0) is 6.07 Å². The van der Waals surface area contributed by atoms with Gasteiger partial charge in [0, 0.05) is 24.8 Å². The molecule has 0 amide bonds. The van der Waals surface area contributed by atoms with Crippen LogP contribution >= 0.6 is 0 Å². The lowest BCUT2D eigenvalue weighted by Crippen LogP contribution is -2.01. The van der Waals surface area contributed by atoms with Gasteiger partial charge in [0.1, 0.15) is 0 Å². The third-order valence-corrected chi connectivity index (χ3v) is 3.59. The normalized spacial score (nSPS) is 11.5. The van der Waals surface area contributed by atoms with E-state index in [1.54, 1.807) is 6.92 Å². The van der Waals surface area contributed by atoms with Gasteiger partial charge in [0.2, 0.25) is 11.7 Å². The summed E-state index contributed by atoms with van der Waals surface area (Å²) in [7, 11) is -2.20. The number of aromatic hydroxyl groups is 1. The zero-order chi connectivity index (χ0) is 14.2. The highest BCUT2D eigenvalue weighted by Gasteiger charge is 2.21. The van der Waals surface area contributed by atoms with Crippen LogP contribution in [-0.4, -0.2) is 37.0 Å². The largest absolute Gasteiger partial charge is 0.504 e. The number of methoxy groups -OCH3 is 1. The molecule has 0 atom stereocenters. The van der Waals surface area contributed by atoms with Crippen molar-refractivity contribution in [2.75, 3.05) is 13.4 Å². The predicted octanol–water partition coefficient (Wildman–Crippen LogP) is 1.16. The molecule has 0 aliphatic carbocycles. The lowest BCUT2D eigenvalue weighted by molar-refractivity contribution is 0.372. The third-order valence-electron chi connectivity index (χ3n) is 2.45. The van der Waals surface area contributed by atoms with E-state index in [9.17, 15) is 13.5 Å². The van der Waals surface area contributed by atoms with Crippen LogP contribution in [0.4, 0.5) is 0 Å². The molecule has 0 saturated carbocycles. The smallest absolute Gasteiger partial charge is 0.223 e. The second-order valence-electron chi connectivity index (χ2n) is 3.93. The summed E-state index contributed by atoms with van der Waals surface area (Å²) in [6.07, 6.45) is 1.03. The maximum Gasteiger partial charge on any atom is 0.223 e. The zero-order valence-corrected chi connectivity index (χ0v) is 11.4. The summed E-state index contributed by atoms with van der Waals surface area (Å²) in [6, 6.07) is 2.46. The minimum absolute atomic E-state index is 0.0911. The fraction of sp³-hybridized carbons (Fsp3) is 0.273. The van der Waals surface area contributed by atoms with Gasteiger partial charge in [0.15, 0.2) is 21.3 Å². The molecule has 1 aromatic carbocycles. The number of hydrogen-bond donors (Lipinski definition) is 1. The Kier molecular flexibility index (Phi) is 3.19. The van der Waals surface area contributed by atoms with Crippen LogP contribution in [0.5, 0.6) is 11.5 Å². The lowest BCUT2D eigenvalue weighted by Gasteiger charge is -2.09. The van der Waals surface area contributed by atoms with E-state index in [1.165, 1.54) is 13.2 Å². The maximum absolute atomic E-state index is 11.7. The van der Waals surface area contributed by atoms with Crippen LogP contribution in [-0.2, 0) is 9.84 Å². The van der Waals surface area contributed by atoms with Crippen LogP contribution in [0.2, 0.25) is 0 Å². The second kappa shape index (κ2) is 4.54. The number of phenols is 1. The van der Waals surface area contributed by atoms with Crippen LogP contribution in [0.15, 0.2) is 21.6 Å². The van der Waals surface area contributed by atoms with Crippen LogP contribution in [0.25, 0.3) is 11.4 Å². The molecular weight excluding hydrogens is 272 g/mol. The highest BCUT2D eigenvalue weighted by molar-refractivity contribution is 7.90. The van der Waals surface area contributed by atoms with E-state index in [4.69, 9.17) is 9.26 Å². The van der Waals surface area contributed by atoms with Gasteiger partial charge in [0.25, 0.3) is 0 Å². The molecule has 0 radical (unpaired) electrons. The third kappa shape index (κ3) is 2.53. The molecule has 0 unspecified atom stereocenters. The molecule has 102 valence electrons. The Balaban J connectivity index is 2.76. The van der Waals surface area contributed by atoms with Crippen molar-refractivity contribution in [1.29, 1.82) is 0 Å². The summed E-state index contributed by atoms with van der Waals surface area (Å²) in [6.45, 7) is 1.59. The fourth-order valence-electron chi connectivity index (χ4n) is 1.60. The molecule has 0 fully saturated rings. The number of rotatable bonds is 3. The van der Waals surface area contributed by atoms with E-state index in [0.29, 0.717) is 5.89 Å². The Morgan fingerprint density at radius 1 is 1.37 bits per heavy atom. The Labute approximate surface area is 109 Å². The molecule has 2 rings (SSSR count). The monoisotopic (exact) mass is 284 g/mol. The van der Waals surface area contributed by atoms with E-state index >= 15 is 0 Å². The zero-order valence-electron chi connectivity index (χ0n) is 10.5. The minimum Gasteiger partial charge on any atom is -0.504 e. The number of aryl methyl sites for hydroxylation is 1. The molecule has 0 aliphatic heterocycles. The molecule has 0 aliphatic rings. The number of nitrogens with zero attached hydrogens (tertiary/aromatic N) is 2. The molecule has 1 N–H and O–H groups in total. The van der Waals surface area contributed by atoms with Gasteiger partial charge in [0.05, 0.1) is 12.0 Å². The Morgan fingerprint density at radius 2 is 2.05 bits per heavy atom. The van der Waals surface area contributed by atoms with Gasteiger partial charge in [-0.1, -0.05) is 5.16 Å². The van der Waals surface area contributed by atoms with Crippen LogP contribution in [0.1, 0.15) is 5.89 Å². The first-order valence-corrected chi connectivity index (χ1v) is 7.14. The van der Waals surface area contributed by atoms with Crippen LogP contribution < -0.4 is 4.74 Å². The summed E-state index contributed by atoms with van der Waals surface area (Å²) in [5.74, 6) is 0.287. The van der Waals surface area contributed by atoms with Crippen molar-refractivity contribution in [3.8, 4) is 22.9 Å². The average molecular weight is 284 g/mol. The van der Waals surface area contributed by atoms with Crippen molar-refractivity contribution in [3.63, 3.8) is 0 Å². The van der Waals surface area contributed by atoms with Crippen molar-refractivity contribution in [3.05, 3.63) is 18.0 Å². The van der Waals surface area contributed by atoms with E-state index < -0.39 is 9.84 Å². The highest BCUT2D eigenvalue weighted by Crippen LogP contribution is 2.36. The van der Waals surface area contributed by atoms with Crippen LogP contribution in [0.3, 0.4) is 0 Å². The van der Waals surface area contributed by atoms with Crippen molar-refractivity contribution in [1.82, 2.24) is 10.1 Å². The minimum atomic E-state index is -3.56. The van der Waals surface area contributed by atoms with E-state index in [-0.39, 0.29) is 27.8 Å². The Hall–Kier alpha value is -2.09. The summed E-state index contributed by atoms with van der Waals surface area (Å²) < 4.78 is 33.3. The van der Waals surface area contributed by atoms with Gasteiger partial charge in [-0.3, -0.25) is 0 Å². The summed E-state index contributed by atoms with van der Waals surface area (Å²) in [4.78, 5) is 3.89. The molecule has 1 heterocycles. The van der Waals surface area contributed by atoms with Gasteiger partial charge >= 0.3 is 0 Å². The summed E-state index contributed by atoms with van der Waals surface area (Å²) in [5, 5.41) is 13.4. The lowest BCUT2D eigenvalue weighted by atomic mass is 10.2. The standard InChI is InChI=1S/C11H12N2O5S/c1-6-12-11(13-18-6)7-4-9(17-2)8(14)5-10(7)19(3,15)16/h4-5,14H,1-3H3. The number of benzene rings is 1. The predicted molar refractivity (Wildman–Crippen MR) is 65.8 cm³/mol. The second-order valence-corrected chi connectivity index (χ2v) is 5.91. The number of hydrogen-bond acceptors (Lipinski definition) is 7. The Bertz CT molecular complexity index is 721.